The van der Waals surface area contributed by atoms with Gasteiger partial charge in [0.15, 0.2) is 10.3 Å². The summed E-state index contributed by atoms with van der Waals surface area (Å²) in [5.41, 5.74) is 8.95. The summed E-state index contributed by atoms with van der Waals surface area (Å²) in [4.78, 5) is 26.1. The van der Waals surface area contributed by atoms with E-state index >= 15 is 0 Å². The van der Waals surface area contributed by atoms with Gasteiger partial charge in [-0.1, -0.05) is 35.4 Å². The minimum atomic E-state index is -4.87. The Kier molecular flexibility index (Phi) is 6.57. The van der Waals surface area contributed by atoms with E-state index in [0.29, 0.717) is 5.56 Å². The summed E-state index contributed by atoms with van der Waals surface area (Å²) in [6.45, 7) is -0.436. The van der Waals surface area contributed by atoms with Gasteiger partial charge in [0.1, 0.15) is 12.1 Å². The monoisotopic (exact) mass is 347 g/mol. The molecule has 0 saturated carbocycles. The Labute approximate surface area is 153 Å². The molecule has 1 heterocycles. The number of carbonyl (C=O) groups is 2. The third-order valence-electron chi connectivity index (χ3n) is 3.01. The van der Waals surface area contributed by atoms with Crippen LogP contribution < -0.4 is 34.9 Å². The Bertz CT molecular complexity index is 749. The van der Waals surface area contributed by atoms with Gasteiger partial charge in [-0.05, 0) is 11.1 Å². The maximum Gasteiger partial charge on any atom is 1.00 e. The van der Waals surface area contributed by atoms with E-state index in [2.05, 4.69) is 15.3 Å². The Morgan fingerprint density at radius 1 is 1.43 bits per heavy atom. The third kappa shape index (κ3) is 4.44. The molecule has 0 aromatic heterocycles. The van der Waals surface area contributed by atoms with E-state index in [1.807, 2.05) is 0 Å². The van der Waals surface area contributed by atoms with Crippen molar-refractivity contribution in [3.05, 3.63) is 46.3 Å². The fourth-order valence-corrected chi connectivity index (χ4v) is 2.59. The second-order valence-electron chi connectivity index (χ2n) is 4.41. The van der Waals surface area contributed by atoms with Crippen LogP contribution in [-0.2, 0) is 19.9 Å². The van der Waals surface area contributed by atoms with E-state index in [1.54, 1.807) is 30.3 Å². The minimum absolute atomic E-state index is 0. The molecular formula is C11H10N5NaO5S. The Hall–Kier alpha value is -1.62. The molecule has 0 bridgehead atoms. The number of hydrogen-bond donors (Lipinski definition) is 1. The van der Waals surface area contributed by atoms with Crippen molar-refractivity contribution < 1.29 is 52.1 Å². The molecule has 1 aromatic rings. The summed E-state index contributed by atoms with van der Waals surface area (Å²) in [5.74, 6) is -1.78. The van der Waals surface area contributed by atoms with Gasteiger partial charge in [-0.2, -0.15) is 0 Å². The molecule has 1 saturated heterocycles. The van der Waals surface area contributed by atoms with Crippen LogP contribution in [0.1, 0.15) is 11.6 Å². The van der Waals surface area contributed by atoms with Crippen LogP contribution in [0, 0.1) is 0 Å². The molecule has 1 aliphatic rings. The normalized spacial score (nSPS) is 18.0. The number of azide groups is 1. The molecule has 10 nitrogen and oxygen atoms in total. The number of β-lactam (4-membered cyclic amide) rings is 1. The predicted molar refractivity (Wildman–Crippen MR) is 71.7 cm³/mol. The zero-order valence-corrected chi connectivity index (χ0v) is 14.8. The number of carbonyl (C=O) groups excluding carboxylic acids is 2. The smallest absolute Gasteiger partial charge is 0.731 e. The van der Waals surface area contributed by atoms with Gasteiger partial charge in [-0.25, -0.2) is 12.7 Å². The molecule has 1 aliphatic heterocycles. The molecule has 2 amide bonds. The molecule has 2 rings (SSSR count). The molecule has 1 aromatic carbocycles. The van der Waals surface area contributed by atoms with Gasteiger partial charge >= 0.3 is 29.6 Å². The van der Waals surface area contributed by atoms with Crippen molar-refractivity contribution in [2.75, 3.05) is 6.54 Å². The van der Waals surface area contributed by atoms with Gasteiger partial charge in [-0.15, -0.1) is 0 Å². The van der Waals surface area contributed by atoms with Crippen LogP contribution in [0.15, 0.2) is 35.4 Å². The summed E-state index contributed by atoms with van der Waals surface area (Å²) in [6.07, 6.45) is 0. The summed E-state index contributed by atoms with van der Waals surface area (Å²) in [7, 11) is -4.87. The van der Waals surface area contributed by atoms with Crippen LogP contribution >= 0.6 is 0 Å². The fraction of sp³-hybridized carbons (Fsp3) is 0.273. The number of hydrogen-bond acceptors (Lipinski definition) is 6. The van der Waals surface area contributed by atoms with E-state index in [9.17, 15) is 22.6 Å². The summed E-state index contributed by atoms with van der Waals surface area (Å²) < 4.78 is 32.2. The van der Waals surface area contributed by atoms with Gasteiger partial charge in [0.05, 0.1) is 6.54 Å². The minimum Gasteiger partial charge on any atom is -0.731 e. The molecule has 1 fully saturated rings. The van der Waals surface area contributed by atoms with Crippen molar-refractivity contribution in [3.63, 3.8) is 0 Å². The third-order valence-corrected chi connectivity index (χ3v) is 3.88. The SMILES string of the molecule is [N-]=[N+]=NC(C(=O)NC1CN(S(=O)(=O)[O-])C1=O)c1ccccc1.[Na+]. The second kappa shape index (κ2) is 7.77. The first-order valence-electron chi connectivity index (χ1n) is 6.01. The van der Waals surface area contributed by atoms with Crippen molar-refractivity contribution in [1.82, 2.24) is 9.62 Å². The zero-order chi connectivity index (χ0) is 16.3. The van der Waals surface area contributed by atoms with E-state index in [-0.39, 0.29) is 33.9 Å². The van der Waals surface area contributed by atoms with Crippen LogP contribution in [0.5, 0.6) is 0 Å². The Balaban J connectivity index is 0.00000264. The largest absolute Gasteiger partial charge is 1.00 e. The van der Waals surface area contributed by atoms with Crippen LogP contribution in [0.2, 0.25) is 0 Å². The number of nitrogens with zero attached hydrogens (tertiary/aromatic N) is 4. The molecule has 0 aliphatic carbocycles. The Morgan fingerprint density at radius 3 is 2.52 bits per heavy atom. The van der Waals surface area contributed by atoms with E-state index < -0.39 is 40.7 Å². The van der Waals surface area contributed by atoms with Gasteiger partial charge in [0, 0.05) is 4.91 Å². The number of amides is 2. The molecule has 2 atom stereocenters. The van der Waals surface area contributed by atoms with Crippen molar-refractivity contribution in [2.45, 2.75) is 12.1 Å². The van der Waals surface area contributed by atoms with E-state index in [0.717, 1.165) is 0 Å². The number of rotatable bonds is 5. The number of nitrogens with one attached hydrogen (secondary N) is 1. The molecule has 12 heteroatoms. The summed E-state index contributed by atoms with van der Waals surface area (Å²) in [6, 6.07) is 5.80. The topological polar surface area (TPSA) is 155 Å². The van der Waals surface area contributed by atoms with Crippen molar-refractivity contribution in [3.8, 4) is 0 Å². The van der Waals surface area contributed by atoms with Crippen molar-refractivity contribution in [2.24, 2.45) is 5.11 Å². The molecule has 0 radical (unpaired) electrons. The zero-order valence-electron chi connectivity index (χ0n) is 12.0. The Morgan fingerprint density at radius 2 is 2.04 bits per heavy atom. The van der Waals surface area contributed by atoms with Gasteiger partial charge < -0.3 is 9.87 Å². The van der Waals surface area contributed by atoms with Crippen molar-refractivity contribution in [1.29, 1.82) is 0 Å². The van der Waals surface area contributed by atoms with Crippen LogP contribution in [0.4, 0.5) is 0 Å². The van der Waals surface area contributed by atoms with E-state index in [4.69, 9.17) is 5.53 Å². The first-order valence-corrected chi connectivity index (χ1v) is 7.38. The average molecular weight is 347 g/mol. The maximum absolute atomic E-state index is 12.1. The summed E-state index contributed by atoms with van der Waals surface area (Å²) >= 11 is 0. The fourth-order valence-electron chi connectivity index (χ4n) is 1.91. The van der Waals surface area contributed by atoms with Gasteiger partial charge in [0.2, 0.25) is 5.91 Å². The quantitative estimate of drug-likeness (QED) is 0.148. The second-order valence-corrected chi connectivity index (χ2v) is 5.70. The van der Waals surface area contributed by atoms with Crippen molar-refractivity contribution >= 4 is 22.1 Å². The molecule has 116 valence electrons. The first kappa shape index (κ1) is 19.4. The van der Waals surface area contributed by atoms with Crippen LogP contribution in [0.3, 0.4) is 0 Å². The van der Waals surface area contributed by atoms with Crippen LogP contribution in [0.25, 0.3) is 10.4 Å². The molecular weight excluding hydrogens is 337 g/mol. The summed E-state index contributed by atoms with van der Waals surface area (Å²) in [5, 5.41) is 5.62. The molecule has 2 unspecified atom stereocenters. The molecule has 23 heavy (non-hydrogen) atoms. The maximum atomic E-state index is 12.1. The van der Waals surface area contributed by atoms with Crippen LogP contribution in [-0.4, -0.2) is 41.7 Å². The van der Waals surface area contributed by atoms with Gasteiger partial charge in [-0.3, -0.25) is 9.59 Å². The first-order chi connectivity index (χ1) is 10.3. The molecule has 0 spiro atoms. The van der Waals surface area contributed by atoms with Gasteiger partial charge in [0.25, 0.3) is 5.91 Å². The molecule has 1 N–H and O–H groups in total. The standard InChI is InChI=1S/C11H11N5O5S.Na/c12-15-14-9(7-4-2-1-3-5-7)10(17)13-8-6-16(11(8)18)22(19,20)21;/h1-5,8-9H,6H2,(H,13,17)(H,19,20,21);/q;+1/p-1. The number of benzene rings is 1. The average Bonchev–Trinajstić information content (AvgIpc) is 2.47. The van der Waals surface area contributed by atoms with E-state index in [1.165, 1.54) is 0 Å². The predicted octanol–water partition coefficient (Wildman–Crippen LogP) is -3.17.